The monoisotopic (exact) mass is 414 g/mol. The molecule has 7 nitrogen and oxygen atoms in total. The molecule has 0 saturated carbocycles. The van der Waals surface area contributed by atoms with Crippen LogP contribution in [0, 0.1) is 0 Å². The van der Waals surface area contributed by atoms with Crippen molar-refractivity contribution in [2.24, 2.45) is 0 Å². The van der Waals surface area contributed by atoms with Gasteiger partial charge < -0.3 is 9.88 Å². The highest BCUT2D eigenvalue weighted by Crippen LogP contribution is 2.16. The van der Waals surface area contributed by atoms with E-state index >= 15 is 0 Å². The molecule has 1 aromatic heterocycles. The van der Waals surface area contributed by atoms with Crippen LogP contribution in [0.4, 0.5) is 0 Å². The molecule has 0 unspecified atom stereocenters. The molecule has 2 aromatic carbocycles. The third-order valence-corrected chi connectivity index (χ3v) is 6.93. The fourth-order valence-corrected chi connectivity index (χ4v) is 4.65. The minimum Gasteiger partial charge on any atom is -0.352 e. The van der Waals surface area contributed by atoms with Crippen molar-refractivity contribution in [1.29, 1.82) is 0 Å². The van der Waals surface area contributed by atoms with E-state index in [0.29, 0.717) is 32.6 Å². The molecule has 0 fully saturated rings. The molecule has 29 heavy (non-hydrogen) atoms. The number of imidazole rings is 1. The van der Waals surface area contributed by atoms with Crippen molar-refractivity contribution in [2.45, 2.75) is 38.3 Å². The van der Waals surface area contributed by atoms with E-state index < -0.39 is 10.0 Å². The minimum atomic E-state index is -3.46. The second-order valence-electron chi connectivity index (χ2n) is 6.69. The first-order valence-electron chi connectivity index (χ1n) is 9.71. The van der Waals surface area contributed by atoms with Gasteiger partial charge in [0.25, 0.3) is 0 Å². The molecule has 0 atom stereocenters. The maximum Gasteiger partial charge on any atom is 0.243 e. The predicted octanol–water partition coefficient (Wildman–Crippen LogP) is 2.77. The zero-order valence-electron chi connectivity index (χ0n) is 16.7. The lowest BCUT2D eigenvalue weighted by molar-refractivity contribution is -0.121. The summed E-state index contributed by atoms with van der Waals surface area (Å²) in [7, 11) is -3.46. The lowest BCUT2D eigenvalue weighted by Crippen LogP contribution is -2.30. The number of carbonyl (C=O) groups is 1. The van der Waals surface area contributed by atoms with Gasteiger partial charge in [-0.25, -0.2) is 13.4 Å². The molecule has 0 aliphatic heterocycles. The van der Waals surface area contributed by atoms with Crippen LogP contribution in [0.15, 0.2) is 59.8 Å². The summed E-state index contributed by atoms with van der Waals surface area (Å²) in [6.45, 7) is 5.41. The summed E-state index contributed by atoms with van der Waals surface area (Å²) in [6.07, 6.45) is 2.09. The van der Waals surface area contributed by atoms with Crippen LogP contribution >= 0.6 is 0 Å². The van der Waals surface area contributed by atoms with Gasteiger partial charge in [0.05, 0.1) is 22.3 Å². The Morgan fingerprint density at radius 2 is 1.76 bits per heavy atom. The second-order valence-corrected chi connectivity index (χ2v) is 8.62. The van der Waals surface area contributed by atoms with Crippen LogP contribution in [-0.2, 0) is 27.9 Å². The van der Waals surface area contributed by atoms with E-state index in [4.69, 9.17) is 0 Å². The van der Waals surface area contributed by atoms with Crippen LogP contribution in [-0.4, -0.2) is 41.3 Å². The normalized spacial score (nSPS) is 11.8. The van der Waals surface area contributed by atoms with Gasteiger partial charge >= 0.3 is 0 Å². The van der Waals surface area contributed by atoms with Crippen molar-refractivity contribution in [3.05, 3.63) is 60.4 Å². The van der Waals surface area contributed by atoms with Crippen molar-refractivity contribution in [3.63, 3.8) is 0 Å². The van der Waals surface area contributed by atoms with Crippen LogP contribution in [0.3, 0.4) is 0 Å². The quantitative estimate of drug-likeness (QED) is 0.584. The van der Waals surface area contributed by atoms with Gasteiger partial charge in [0.2, 0.25) is 15.9 Å². The first-order chi connectivity index (χ1) is 14.0. The van der Waals surface area contributed by atoms with E-state index in [1.54, 1.807) is 30.6 Å². The Morgan fingerprint density at radius 1 is 1.07 bits per heavy atom. The molecular formula is C21H26N4O3S. The highest BCUT2D eigenvalue weighted by Gasteiger charge is 2.21. The number of rotatable bonds is 9. The molecule has 0 spiro atoms. The van der Waals surface area contributed by atoms with Gasteiger partial charge in [-0.15, -0.1) is 0 Å². The summed E-state index contributed by atoms with van der Waals surface area (Å²) < 4.78 is 28.4. The van der Waals surface area contributed by atoms with Crippen LogP contribution in [0.1, 0.15) is 25.8 Å². The molecular weight excluding hydrogens is 388 g/mol. The molecule has 0 aliphatic carbocycles. The van der Waals surface area contributed by atoms with Gasteiger partial charge in [0.1, 0.15) is 0 Å². The van der Waals surface area contributed by atoms with Gasteiger partial charge in [-0.1, -0.05) is 38.1 Å². The van der Waals surface area contributed by atoms with Crippen LogP contribution in [0.5, 0.6) is 0 Å². The molecule has 0 saturated heterocycles. The topological polar surface area (TPSA) is 84.3 Å². The summed E-state index contributed by atoms with van der Waals surface area (Å²) >= 11 is 0. The molecule has 3 aromatic rings. The molecule has 0 radical (unpaired) electrons. The van der Waals surface area contributed by atoms with E-state index in [9.17, 15) is 13.2 Å². The molecule has 1 amide bonds. The molecule has 154 valence electrons. The van der Waals surface area contributed by atoms with Crippen LogP contribution < -0.4 is 5.32 Å². The Kier molecular flexibility index (Phi) is 6.66. The first-order valence-corrected chi connectivity index (χ1v) is 11.2. The van der Waals surface area contributed by atoms with E-state index in [2.05, 4.69) is 10.3 Å². The van der Waals surface area contributed by atoms with Gasteiger partial charge in [-0.05, 0) is 29.8 Å². The third kappa shape index (κ3) is 4.83. The largest absolute Gasteiger partial charge is 0.352 e. The van der Waals surface area contributed by atoms with Gasteiger partial charge in [0.15, 0.2) is 0 Å². The summed E-state index contributed by atoms with van der Waals surface area (Å²) in [4.78, 5) is 16.8. The molecule has 1 heterocycles. The number of fused-ring (bicyclic) bond motifs is 1. The average molecular weight is 415 g/mol. The summed E-state index contributed by atoms with van der Waals surface area (Å²) in [5.74, 6) is -0.0670. The number of hydrogen-bond donors (Lipinski definition) is 1. The lowest BCUT2D eigenvalue weighted by atomic mass is 10.2. The number of para-hydroxylation sites is 2. The highest BCUT2D eigenvalue weighted by atomic mass is 32.2. The first kappa shape index (κ1) is 21.0. The average Bonchev–Trinajstić information content (AvgIpc) is 3.15. The highest BCUT2D eigenvalue weighted by molar-refractivity contribution is 7.89. The number of hydrogen-bond acceptors (Lipinski definition) is 4. The van der Waals surface area contributed by atoms with Crippen LogP contribution in [0.25, 0.3) is 11.0 Å². The van der Waals surface area contributed by atoms with E-state index in [1.807, 2.05) is 42.7 Å². The van der Waals surface area contributed by atoms with Crippen LogP contribution in [0.2, 0.25) is 0 Å². The SMILES string of the molecule is CCN(CC)S(=O)(=O)c1ccc(CNC(=O)CCn2cnc3ccccc32)cc1. The smallest absolute Gasteiger partial charge is 0.243 e. The molecule has 0 bridgehead atoms. The molecule has 1 N–H and O–H groups in total. The number of amides is 1. The Bertz CT molecular complexity index is 1070. The summed E-state index contributed by atoms with van der Waals surface area (Å²) in [6, 6.07) is 14.5. The number of aryl methyl sites for hydroxylation is 1. The number of nitrogens with zero attached hydrogens (tertiary/aromatic N) is 3. The zero-order valence-corrected chi connectivity index (χ0v) is 17.5. The van der Waals surface area contributed by atoms with Crippen molar-refractivity contribution < 1.29 is 13.2 Å². The third-order valence-electron chi connectivity index (χ3n) is 4.86. The Morgan fingerprint density at radius 3 is 2.45 bits per heavy atom. The number of aromatic nitrogens is 2. The van der Waals surface area contributed by atoms with E-state index in [1.165, 1.54) is 4.31 Å². The number of carbonyl (C=O) groups excluding carboxylic acids is 1. The predicted molar refractivity (Wildman–Crippen MR) is 113 cm³/mol. The summed E-state index contributed by atoms with van der Waals surface area (Å²) in [5, 5.41) is 2.88. The van der Waals surface area contributed by atoms with Crippen molar-refractivity contribution in [2.75, 3.05) is 13.1 Å². The fraction of sp³-hybridized carbons (Fsp3) is 0.333. The fourth-order valence-electron chi connectivity index (χ4n) is 3.19. The molecule has 3 rings (SSSR count). The summed E-state index contributed by atoms with van der Waals surface area (Å²) in [5.41, 5.74) is 2.77. The van der Waals surface area contributed by atoms with Gasteiger partial charge in [0, 0.05) is 32.6 Å². The van der Waals surface area contributed by atoms with E-state index in [-0.39, 0.29) is 10.8 Å². The molecule has 8 heteroatoms. The van der Waals surface area contributed by atoms with Crippen molar-refractivity contribution in [3.8, 4) is 0 Å². The van der Waals surface area contributed by atoms with Crippen molar-refractivity contribution in [1.82, 2.24) is 19.2 Å². The van der Waals surface area contributed by atoms with Gasteiger partial charge in [-0.3, -0.25) is 4.79 Å². The number of sulfonamides is 1. The minimum absolute atomic E-state index is 0.0670. The standard InChI is InChI=1S/C21H26N4O3S/c1-3-25(4-2)29(27,28)18-11-9-17(10-12-18)15-22-21(26)13-14-24-16-23-19-7-5-6-8-20(19)24/h5-12,16H,3-4,13-15H2,1-2H3,(H,22,26). The Balaban J connectivity index is 1.54. The zero-order chi connectivity index (χ0) is 20.9. The Labute approximate surface area is 171 Å². The molecule has 0 aliphatic rings. The van der Waals surface area contributed by atoms with Crippen molar-refractivity contribution >= 4 is 27.0 Å². The van der Waals surface area contributed by atoms with E-state index in [0.717, 1.165) is 16.6 Å². The maximum absolute atomic E-state index is 12.5. The van der Waals surface area contributed by atoms with Gasteiger partial charge in [-0.2, -0.15) is 4.31 Å². The second kappa shape index (κ2) is 9.19. The number of benzene rings is 2. The number of nitrogens with one attached hydrogen (secondary N) is 1. The Hall–Kier alpha value is -2.71. The maximum atomic E-state index is 12.5. The lowest BCUT2D eigenvalue weighted by Gasteiger charge is -2.18.